The molecule has 0 saturated carbocycles. The van der Waals surface area contributed by atoms with Crippen LogP contribution in [0.25, 0.3) is 0 Å². The second-order valence-corrected chi connectivity index (χ2v) is 3.17. The third-order valence-electron chi connectivity index (χ3n) is 1.85. The number of esters is 1. The van der Waals surface area contributed by atoms with Gasteiger partial charge < -0.3 is 10.5 Å². The van der Waals surface area contributed by atoms with E-state index in [4.69, 9.17) is 10.5 Å². The van der Waals surface area contributed by atoms with Crippen molar-refractivity contribution in [3.05, 3.63) is 0 Å². The summed E-state index contributed by atoms with van der Waals surface area (Å²) < 4.78 is 5.00. The van der Waals surface area contributed by atoms with Crippen LogP contribution < -0.4 is 5.73 Å². The average molecular weight is 217 g/mol. The molecule has 0 aromatic heterocycles. The standard InChI is InChI=1S/C10H21NO2.C2H6/c1-2-3-4-5-9-13-10(12)7-6-8-11;1-2/h2-9,11H2,1H3;1-2H3. The van der Waals surface area contributed by atoms with Crippen LogP contribution in [0.15, 0.2) is 0 Å². The van der Waals surface area contributed by atoms with Crippen molar-refractivity contribution in [2.24, 2.45) is 5.73 Å². The summed E-state index contributed by atoms with van der Waals surface area (Å²) in [6.45, 7) is 7.29. The number of ether oxygens (including phenoxy) is 1. The first-order chi connectivity index (χ1) is 7.31. The first-order valence-corrected chi connectivity index (χ1v) is 6.17. The van der Waals surface area contributed by atoms with Gasteiger partial charge in [-0.2, -0.15) is 0 Å². The maximum atomic E-state index is 11.0. The fourth-order valence-electron chi connectivity index (χ4n) is 1.03. The van der Waals surface area contributed by atoms with Crippen molar-refractivity contribution in [3.63, 3.8) is 0 Å². The summed E-state index contributed by atoms with van der Waals surface area (Å²) in [6.07, 6.45) is 5.77. The number of unbranched alkanes of at least 4 members (excludes halogenated alkanes) is 3. The molecule has 0 rings (SSSR count). The molecule has 15 heavy (non-hydrogen) atoms. The molecule has 3 heteroatoms. The minimum absolute atomic E-state index is 0.109. The van der Waals surface area contributed by atoms with E-state index >= 15 is 0 Å². The van der Waals surface area contributed by atoms with Gasteiger partial charge in [-0.15, -0.1) is 0 Å². The predicted octanol–water partition coefficient (Wildman–Crippen LogP) is 2.88. The van der Waals surface area contributed by atoms with E-state index in [1.807, 2.05) is 13.8 Å². The Kier molecular flexibility index (Phi) is 17.8. The Labute approximate surface area is 94.4 Å². The fraction of sp³-hybridized carbons (Fsp3) is 0.917. The zero-order chi connectivity index (χ0) is 11.9. The minimum Gasteiger partial charge on any atom is -0.466 e. The van der Waals surface area contributed by atoms with Gasteiger partial charge in [0.15, 0.2) is 0 Å². The lowest BCUT2D eigenvalue weighted by Crippen LogP contribution is -2.08. The Morgan fingerprint density at radius 3 is 2.33 bits per heavy atom. The summed E-state index contributed by atoms with van der Waals surface area (Å²) in [7, 11) is 0. The first kappa shape index (κ1) is 16.8. The molecular weight excluding hydrogens is 190 g/mol. The molecule has 2 N–H and O–H groups in total. The van der Waals surface area contributed by atoms with Crippen LogP contribution >= 0.6 is 0 Å². The van der Waals surface area contributed by atoms with Crippen LogP contribution in [0, 0.1) is 0 Å². The normalized spacial score (nSPS) is 9.07. The number of nitrogens with two attached hydrogens (primary N) is 1. The fourth-order valence-corrected chi connectivity index (χ4v) is 1.03. The van der Waals surface area contributed by atoms with Gasteiger partial charge in [0.2, 0.25) is 0 Å². The van der Waals surface area contributed by atoms with Gasteiger partial charge in [0, 0.05) is 6.42 Å². The van der Waals surface area contributed by atoms with Crippen molar-refractivity contribution in [1.29, 1.82) is 0 Å². The van der Waals surface area contributed by atoms with Gasteiger partial charge in [-0.25, -0.2) is 0 Å². The van der Waals surface area contributed by atoms with Crippen molar-refractivity contribution in [2.75, 3.05) is 13.2 Å². The lowest BCUT2D eigenvalue weighted by Gasteiger charge is -2.03. The highest BCUT2D eigenvalue weighted by Crippen LogP contribution is 2.00. The Balaban J connectivity index is 0. The van der Waals surface area contributed by atoms with Crippen LogP contribution in [-0.4, -0.2) is 19.1 Å². The van der Waals surface area contributed by atoms with E-state index in [0.717, 1.165) is 19.3 Å². The third kappa shape index (κ3) is 16.1. The summed E-state index contributed by atoms with van der Waals surface area (Å²) in [6, 6.07) is 0. The van der Waals surface area contributed by atoms with E-state index in [-0.39, 0.29) is 5.97 Å². The molecule has 3 nitrogen and oxygen atoms in total. The molecule has 0 amide bonds. The summed E-state index contributed by atoms with van der Waals surface area (Å²) in [5.41, 5.74) is 5.26. The topological polar surface area (TPSA) is 52.3 Å². The molecule has 0 bridgehead atoms. The Hall–Kier alpha value is -0.570. The SMILES string of the molecule is CC.CCCCCCOC(=O)CCCN. The van der Waals surface area contributed by atoms with Crippen molar-refractivity contribution < 1.29 is 9.53 Å². The third-order valence-corrected chi connectivity index (χ3v) is 1.85. The van der Waals surface area contributed by atoms with E-state index in [0.29, 0.717) is 19.6 Å². The number of carbonyl (C=O) groups excluding carboxylic acids is 1. The first-order valence-electron chi connectivity index (χ1n) is 6.17. The van der Waals surface area contributed by atoms with Crippen LogP contribution in [-0.2, 0) is 9.53 Å². The van der Waals surface area contributed by atoms with Crippen LogP contribution in [0.4, 0.5) is 0 Å². The van der Waals surface area contributed by atoms with E-state index < -0.39 is 0 Å². The molecule has 92 valence electrons. The molecule has 0 aromatic carbocycles. The van der Waals surface area contributed by atoms with E-state index in [1.165, 1.54) is 12.8 Å². The van der Waals surface area contributed by atoms with Crippen LogP contribution in [0.1, 0.15) is 59.3 Å². The average Bonchev–Trinajstić information content (AvgIpc) is 2.29. The molecule has 0 unspecified atom stereocenters. The second kappa shape index (κ2) is 15.9. The molecule has 0 aliphatic carbocycles. The van der Waals surface area contributed by atoms with Crippen LogP contribution in [0.5, 0.6) is 0 Å². The molecule has 0 saturated heterocycles. The molecular formula is C12H27NO2. The summed E-state index contributed by atoms with van der Waals surface area (Å²) in [4.78, 5) is 11.0. The van der Waals surface area contributed by atoms with E-state index in [2.05, 4.69) is 6.92 Å². The molecule has 0 radical (unpaired) electrons. The highest BCUT2D eigenvalue weighted by Gasteiger charge is 2.00. The predicted molar refractivity (Wildman–Crippen MR) is 64.7 cm³/mol. The van der Waals surface area contributed by atoms with Crippen molar-refractivity contribution in [1.82, 2.24) is 0 Å². The van der Waals surface area contributed by atoms with Gasteiger partial charge in [0.25, 0.3) is 0 Å². The molecule has 0 aromatic rings. The van der Waals surface area contributed by atoms with Crippen molar-refractivity contribution in [2.45, 2.75) is 59.3 Å². The quantitative estimate of drug-likeness (QED) is 0.502. The maximum absolute atomic E-state index is 11.0. The second-order valence-electron chi connectivity index (χ2n) is 3.17. The Morgan fingerprint density at radius 2 is 1.80 bits per heavy atom. The van der Waals surface area contributed by atoms with Gasteiger partial charge in [0.05, 0.1) is 6.61 Å². The summed E-state index contributed by atoms with van der Waals surface area (Å²) in [5, 5.41) is 0. The molecule has 0 aliphatic heterocycles. The van der Waals surface area contributed by atoms with Crippen LogP contribution in [0.3, 0.4) is 0 Å². The molecule has 0 heterocycles. The van der Waals surface area contributed by atoms with Gasteiger partial charge in [-0.1, -0.05) is 40.0 Å². The summed E-state index contributed by atoms with van der Waals surface area (Å²) in [5.74, 6) is -0.109. The van der Waals surface area contributed by atoms with Crippen LogP contribution in [0.2, 0.25) is 0 Å². The highest BCUT2D eigenvalue weighted by atomic mass is 16.5. The molecule has 0 fully saturated rings. The lowest BCUT2D eigenvalue weighted by atomic mass is 10.2. The number of rotatable bonds is 8. The number of hydrogen-bond donors (Lipinski definition) is 1. The Bertz CT molecular complexity index is 127. The highest BCUT2D eigenvalue weighted by molar-refractivity contribution is 5.69. The number of carbonyl (C=O) groups is 1. The minimum atomic E-state index is -0.109. The van der Waals surface area contributed by atoms with E-state index in [9.17, 15) is 4.79 Å². The Morgan fingerprint density at radius 1 is 1.13 bits per heavy atom. The van der Waals surface area contributed by atoms with Gasteiger partial charge in [-0.05, 0) is 19.4 Å². The van der Waals surface area contributed by atoms with Gasteiger partial charge in [0.1, 0.15) is 0 Å². The van der Waals surface area contributed by atoms with E-state index in [1.54, 1.807) is 0 Å². The zero-order valence-electron chi connectivity index (χ0n) is 10.6. The van der Waals surface area contributed by atoms with Gasteiger partial charge >= 0.3 is 5.97 Å². The zero-order valence-corrected chi connectivity index (χ0v) is 10.6. The van der Waals surface area contributed by atoms with Crippen molar-refractivity contribution >= 4 is 5.97 Å². The largest absolute Gasteiger partial charge is 0.466 e. The molecule has 0 aliphatic rings. The lowest BCUT2D eigenvalue weighted by molar-refractivity contribution is -0.143. The summed E-state index contributed by atoms with van der Waals surface area (Å²) >= 11 is 0. The smallest absolute Gasteiger partial charge is 0.305 e. The molecule has 0 atom stereocenters. The molecule has 0 spiro atoms. The van der Waals surface area contributed by atoms with Crippen molar-refractivity contribution in [3.8, 4) is 0 Å². The van der Waals surface area contributed by atoms with Gasteiger partial charge in [-0.3, -0.25) is 4.79 Å². The number of hydrogen-bond acceptors (Lipinski definition) is 3. The maximum Gasteiger partial charge on any atom is 0.305 e. The monoisotopic (exact) mass is 217 g/mol.